The highest BCUT2D eigenvalue weighted by Gasteiger charge is 2.26. The van der Waals surface area contributed by atoms with Crippen molar-refractivity contribution < 1.29 is 5.11 Å². The summed E-state index contributed by atoms with van der Waals surface area (Å²) in [6, 6.07) is 1.24. The molecule has 2 aliphatic rings. The van der Waals surface area contributed by atoms with E-state index in [1.165, 1.54) is 25.7 Å². The van der Waals surface area contributed by atoms with Gasteiger partial charge in [0.05, 0.1) is 0 Å². The molecular formula is C13H23NO. The molecule has 0 spiro atoms. The zero-order valence-corrected chi connectivity index (χ0v) is 9.65. The number of aliphatic hydroxyl groups excluding tert-OH is 1. The van der Waals surface area contributed by atoms with E-state index in [0.717, 1.165) is 18.4 Å². The number of aliphatic hydroxyl groups is 1. The molecule has 15 heavy (non-hydrogen) atoms. The molecular weight excluding hydrogens is 186 g/mol. The van der Waals surface area contributed by atoms with E-state index in [1.807, 2.05) is 0 Å². The van der Waals surface area contributed by atoms with Crippen molar-refractivity contribution in [1.29, 1.82) is 0 Å². The molecule has 0 heterocycles. The van der Waals surface area contributed by atoms with Gasteiger partial charge in [-0.3, -0.25) is 0 Å². The minimum Gasteiger partial charge on any atom is -0.396 e. The first-order valence-corrected chi connectivity index (χ1v) is 6.37. The Labute approximate surface area is 92.8 Å². The fourth-order valence-corrected chi connectivity index (χ4v) is 2.93. The van der Waals surface area contributed by atoms with Gasteiger partial charge in [-0.2, -0.15) is 0 Å². The second kappa shape index (κ2) is 5.13. The Bertz CT molecular complexity index is 227. The molecule has 0 amide bonds. The van der Waals surface area contributed by atoms with E-state index in [0.29, 0.717) is 18.6 Å². The van der Waals surface area contributed by atoms with Crippen molar-refractivity contribution in [1.82, 2.24) is 5.32 Å². The summed E-state index contributed by atoms with van der Waals surface area (Å²) in [5.41, 5.74) is 0. The molecule has 0 radical (unpaired) electrons. The largest absolute Gasteiger partial charge is 0.396 e. The van der Waals surface area contributed by atoms with Crippen molar-refractivity contribution in [2.75, 3.05) is 6.61 Å². The summed E-state index contributed by atoms with van der Waals surface area (Å²) in [4.78, 5) is 0. The Morgan fingerprint density at radius 3 is 2.73 bits per heavy atom. The van der Waals surface area contributed by atoms with Crippen molar-refractivity contribution in [2.45, 2.75) is 51.1 Å². The molecule has 1 saturated carbocycles. The monoisotopic (exact) mass is 209 g/mol. The van der Waals surface area contributed by atoms with Gasteiger partial charge in [0.1, 0.15) is 0 Å². The van der Waals surface area contributed by atoms with Crippen LogP contribution in [0.25, 0.3) is 0 Å². The minimum atomic E-state index is 0.303. The van der Waals surface area contributed by atoms with Gasteiger partial charge in [0.15, 0.2) is 0 Å². The maximum absolute atomic E-state index is 9.05. The van der Waals surface area contributed by atoms with Crippen LogP contribution in [0.3, 0.4) is 0 Å². The van der Waals surface area contributed by atoms with Crippen LogP contribution in [-0.4, -0.2) is 23.8 Å². The molecule has 86 valence electrons. The fraction of sp³-hybridized carbons (Fsp3) is 0.846. The van der Waals surface area contributed by atoms with E-state index in [9.17, 15) is 0 Å². The molecule has 0 unspecified atom stereocenters. The molecule has 0 bridgehead atoms. The maximum atomic E-state index is 9.05. The molecule has 4 atom stereocenters. The van der Waals surface area contributed by atoms with E-state index >= 15 is 0 Å². The van der Waals surface area contributed by atoms with Crippen LogP contribution in [0.15, 0.2) is 12.2 Å². The summed E-state index contributed by atoms with van der Waals surface area (Å²) in [5, 5.41) is 12.8. The summed E-state index contributed by atoms with van der Waals surface area (Å²) in [6.45, 7) is 2.60. The molecule has 0 aromatic rings. The quantitative estimate of drug-likeness (QED) is 0.695. The van der Waals surface area contributed by atoms with Gasteiger partial charge in [0, 0.05) is 24.6 Å². The van der Waals surface area contributed by atoms with E-state index in [-0.39, 0.29) is 0 Å². The van der Waals surface area contributed by atoms with Crippen LogP contribution < -0.4 is 5.32 Å². The zero-order chi connectivity index (χ0) is 10.7. The lowest BCUT2D eigenvalue weighted by Gasteiger charge is -2.18. The summed E-state index contributed by atoms with van der Waals surface area (Å²) >= 11 is 0. The van der Waals surface area contributed by atoms with Crippen molar-refractivity contribution in [2.24, 2.45) is 11.8 Å². The van der Waals surface area contributed by atoms with Gasteiger partial charge in [0.25, 0.3) is 0 Å². The zero-order valence-electron chi connectivity index (χ0n) is 9.65. The summed E-state index contributed by atoms with van der Waals surface area (Å²) in [5.74, 6) is 1.34. The molecule has 0 aromatic heterocycles. The van der Waals surface area contributed by atoms with Crippen LogP contribution in [0.4, 0.5) is 0 Å². The second-order valence-corrected chi connectivity index (χ2v) is 5.12. The molecule has 0 saturated heterocycles. The molecule has 2 rings (SSSR count). The van der Waals surface area contributed by atoms with Gasteiger partial charge >= 0.3 is 0 Å². The van der Waals surface area contributed by atoms with Gasteiger partial charge < -0.3 is 10.4 Å². The van der Waals surface area contributed by atoms with Gasteiger partial charge in [0.2, 0.25) is 0 Å². The SMILES string of the molecule is CC[C@H]1CC[C@@H](N[C@@H]2C=C[C@H](CO)C2)C1. The lowest BCUT2D eigenvalue weighted by Crippen LogP contribution is -2.35. The third-order valence-electron chi connectivity index (χ3n) is 3.98. The Morgan fingerprint density at radius 2 is 2.13 bits per heavy atom. The molecule has 2 nitrogen and oxygen atoms in total. The lowest BCUT2D eigenvalue weighted by molar-refractivity contribution is 0.244. The van der Waals surface area contributed by atoms with Crippen molar-refractivity contribution in [3.8, 4) is 0 Å². The van der Waals surface area contributed by atoms with Crippen molar-refractivity contribution in [3.63, 3.8) is 0 Å². The van der Waals surface area contributed by atoms with Crippen molar-refractivity contribution in [3.05, 3.63) is 12.2 Å². The number of nitrogens with one attached hydrogen (secondary N) is 1. The predicted molar refractivity (Wildman–Crippen MR) is 62.7 cm³/mol. The Balaban J connectivity index is 1.73. The molecule has 0 aliphatic heterocycles. The molecule has 1 fully saturated rings. The Hall–Kier alpha value is -0.340. The van der Waals surface area contributed by atoms with Gasteiger partial charge in [-0.15, -0.1) is 0 Å². The maximum Gasteiger partial charge on any atom is 0.0494 e. The number of hydrogen-bond donors (Lipinski definition) is 2. The molecule has 2 N–H and O–H groups in total. The Morgan fingerprint density at radius 1 is 1.27 bits per heavy atom. The first-order chi connectivity index (χ1) is 7.31. The minimum absolute atomic E-state index is 0.303. The van der Waals surface area contributed by atoms with Gasteiger partial charge in [-0.1, -0.05) is 25.5 Å². The topological polar surface area (TPSA) is 32.3 Å². The first-order valence-electron chi connectivity index (χ1n) is 6.37. The van der Waals surface area contributed by atoms with E-state index in [2.05, 4.69) is 24.4 Å². The first kappa shape index (κ1) is 11.2. The highest BCUT2D eigenvalue weighted by molar-refractivity contribution is 5.06. The van der Waals surface area contributed by atoms with E-state index in [1.54, 1.807) is 0 Å². The van der Waals surface area contributed by atoms with Gasteiger partial charge in [-0.05, 0) is 31.6 Å². The highest BCUT2D eigenvalue weighted by atomic mass is 16.3. The second-order valence-electron chi connectivity index (χ2n) is 5.12. The summed E-state index contributed by atoms with van der Waals surface area (Å²) in [6.07, 6.45) is 10.9. The van der Waals surface area contributed by atoms with Crippen molar-refractivity contribution >= 4 is 0 Å². The number of hydrogen-bond acceptors (Lipinski definition) is 2. The van der Waals surface area contributed by atoms with Crippen LogP contribution in [-0.2, 0) is 0 Å². The van der Waals surface area contributed by atoms with Crippen LogP contribution in [0.5, 0.6) is 0 Å². The van der Waals surface area contributed by atoms with Crippen LogP contribution in [0.1, 0.15) is 39.0 Å². The molecule has 2 heteroatoms. The predicted octanol–water partition coefficient (Wildman–Crippen LogP) is 2.09. The lowest BCUT2D eigenvalue weighted by atomic mass is 10.0. The van der Waals surface area contributed by atoms with Crippen LogP contribution in [0, 0.1) is 11.8 Å². The van der Waals surface area contributed by atoms with E-state index in [4.69, 9.17) is 5.11 Å². The number of rotatable bonds is 4. The van der Waals surface area contributed by atoms with Crippen LogP contribution in [0.2, 0.25) is 0 Å². The third-order valence-corrected chi connectivity index (χ3v) is 3.98. The molecule has 2 aliphatic carbocycles. The highest BCUT2D eigenvalue weighted by Crippen LogP contribution is 2.29. The third kappa shape index (κ3) is 2.82. The van der Waals surface area contributed by atoms with Gasteiger partial charge in [-0.25, -0.2) is 0 Å². The van der Waals surface area contributed by atoms with E-state index < -0.39 is 0 Å². The smallest absolute Gasteiger partial charge is 0.0494 e. The molecule has 0 aromatic carbocycles. The average molecular weight is 209 g/mol. The average Bonchev–Trinajstić information content (AvgIpc) is 2.87. The fourth-order valence-electron chi connectivity index (χ4n) is 2.93. The summed E-state index contributed by atoms with van der Waals surface area (Å²) in [7, 11) is 0. The standard InChI is InChI=1S/C13H23NO/c1-2-10-3-5-12(7-10)14-13-6-4-11(8-13)9-15/h4,6,10-15H,2-3,5,7-9H2,1H3/t10-,11-,12+,13+/m0/s1. The Kier molecular flexibility index (Phi) is 3.81. The normalized spacial score (nSPS) is 40.1. The summed E-state index contributed by atoms with van der Waals surface area (Å²) < 4.78 is 0. The van der Waals surface area contributed by atoms with Crippen LogP contribution >= 0.6 is 0 Å².